The van der Waals surface area contributed by atoms with Crippen LogP contribution in [0.5, 0.6) is 11.5 Å². The van der Waals surface area contributed by atoms with Crippen LogP contribution in [0, 0.1) is 5.92 Å². The number of thioether (sulfide) groups is 1. The summed E-state index contributed by atoms with van der Waals surface area (Å²) in [5.41, 5.74) is 3.29. The first kappa shape index (κ1) is 34.7. The molecule has 3 atom stereocenters. The van der Waals surface area contributed by atoms with E-state index in [1.54, 1.807) is 30.7 Å². The van der Waals surface area contributed by atoms with Crippen molar-refractivity contribution in [2.45, 2.75) is 68.9 Å². The molecule has 1 aliphatic rings. The maximum Gasteiger partial charge on any atom is 0.191 e. The van der Waals surface area contributed by atoms with Crippen molar-refractivity contribution in [1.29, 1.82) is 0 Å². The van der Waals surface area contributed by atoms with E-state index in [1.165, 1.54) is 0 Å². The summed E-state index contributed by atoms with van der Waals surface area (Å²) in [5, 5.41) is 24.7. The number of anilines is 1. The normalized spacial score (nSPS) is 17.8. The van der Waals surface area contributed by atoms with Crippen LogP contribution in [-0.2, 0) is 10.3 Å². The molecule has 6 rings (SSSR count). The second-order valence-corrected chi connectivity index (χ2v) is 13.5. The Hall–Kier alpha value is -4.19. The third-order valence-corrected chi connectivity index (χ3v) is 10.2. The number of aliphatic hydroxyl groups is 1. The van der Waals surface area contributed by atoms with E-state index in [4.69, 9.17) is 24.2 Å². The van der Waals surface area contributed by atoms with Gasteiger partial charge in [0.2, 0.25) is 0 Å². The molecular weight excluding hydrogens is 637 g/mol. The summed E-state index contributed by atoms with van der Waals surface area (Å²) < 4.78 is 20.0. The predicted octanol–water partition coefficient (Wildman–Crippen LogP) is 7.27. The molecule has 5 aromatic rings. The first-order valence-corrected chi connectivity index (χ1v) is 18.1. The lowest BCUT2D eigenvalue weighted by Gasteiger charge is -2.37. The summed E-state index contributed by atoms with van der Waals surface area (Å²) in [6.45, 7) is 5.51. The van der Waals surface area contributed by atoms with Crippen molar-refractivity contribution in [3.63, 3.8) is 0 Å². The summed E-state index contributed by atoms with van der Waals surface area (Å²) >= 11 is 1.62. The topological polar surface area (TPSA) is 116 Å². The van der Waals surface area contributed by atoms with Gasteiger partial charge in [0.25, 0.3) is 0 Å². The Morgan fingerprint density at radius 1 is 0.857 bits per heavy atom. The number of hydrogen-bond donors (Lipinski definition) is 2. The molecule has 0 spiro atoms. The van der Waals surface area contributed by atoms with Crippen molar-refractivity contribution < 1.29 is 19.3 Å². The third kappa shape index (κ3) is 7.39. The Bertz CT molecular complexity index is 1740. The summed E-state index contributed by atoms with van der Waals surface area (Å²) in [6.07, 6.45) is 3.71. The Labute approximate surface area is 292 Å². The molecule has 1 saturated carbocycles. The number of ether oxygens (including phenoxy) is 3. The molecule has 2 N–H and O–H groups in total. The van der Waals surface area contributed by atoms with Crippen LogP contribution < -0.4 is 14.8 Å². The van der Waals surface area contributed by atoms with Crippen LogP contribution in [0.4, 0.5) is 5.82 Å². The van der Waals surface area contributed by atoms with Crippen LogP contribution >= 0.6 is 11.8 Å². The lowest BCUT2D eigenvalue weighted by Crippen LogP contribution is -2.34. The van der Waals surface area contributed by atoms with Gasteiger partial charge in [-0.3, -0.25) is 0 Å². The van der Waals surface area contributed by atoms with Crippen LogP contribution in [0.15, 0.2) is 84.0 Å². The number of hydrogen-bond acceptors (Lipinski definition) is 10. The van der Waals surface area contributed by atoms with Gasteiger partial charge in [-0.25, -0.2) is 14.6 Å². The first-order valence-electron chi connectivity index (χ1n) is 17.2. The van der Waals surface area contributed by atoms with E-state index in [0.717, 1.165) is 59.7 Å². The fourth-order valence-electron chi connectivity index (χ4n) is 6.61. The van der Waals surface area contributed by atoms with E-state index in [2.05, 4.69) is 65.9 Å². The van der Waals surface area contributed by atoms with Gasteiger partial charge in [-0.2, -0.15) is 0 Å². The number of nitrogens with one attached hydrogen (secondary N) is 1. The van der Waals surface area contributed by atoms with Gasteiger partial charge in [0.1, 0.15) is 17.1 Å². The van der Waals surface area contributed by atoms with Gasteiger partial charge in [-0.05, 0) is 72.6 Å². The molecule has 10 nitrogen and oxygen atoms in total. The number of rotatable bonds is 16. The number of methoxy groups -OCH3 is 2. The lowest BCUT2D eigenvalue weighted by atomic mass is 9.80. The Balaban J connectivity index is 1.32. The number of aromatic nitrogens is 5. The van der Waals surface area contributed by atoms with E-state index in [9.17, 15) is 5.11 Å². The number of aliphatic hydroxyl groups excluding tert-OH is 1. The molecule has 49 heavy (non-hydrogen) atoms. The van der Waals surface area contributed by atoms with Gasteiger partial charge < -0.3 is 24.6 Å². The average molecular weight is 683 g/mol. The molecule has 1 fully saturated rings. The molecule has 0 bridgehead atoms. The van der Waals surface area contributed by atoms with Crippen molar-refractivity contribution >= 4 is 28.7 Å². The summed E-state index contributed by atoms with van der Waals surface area (Å²) in [7, 11) is 3.33. The summed E-state index contributed by atoms with van der Waals surface area (Å²) in [4.78, 5) is 9.66. The standard InChI is InChI=1S/C38H46N6O4S/c1-5-7-21-39-35-34-36(41-37(40-35)49-22-6-2)44(43-42-34)32-23-26(24-33(32)45)25-48-38(27-11-9-8-10-12-27,28-13-17-30(46-3)18-14-28)29-15-19-31(47-4)20-16-29/h8-20,26,32-33,45H,5-7,21-25H2,1-4H3,(H,39,40,41). The quantitative estimate of drug-likeness (QED) is 0.0476. The number of fused-ring (bicyclic) bond motifs is 1. The summed E-state index contributed by atoms with van der Waals surface area (Å²) in [5.74, 6) is 3.20. The second-order valence-electron chi connectivity index (χ2n) is 12.5. The van der Waals surface area contributed by atoms with Crippen molar-refractivity contribution in [2.75, 3.05) is 38.4 Å². The molecule has 2 heterocycles. The third-order valence-electron chi connectivity index (χ3n) is 9.18. The van der Waals surface area contributed by atoms with E-state index in [0.29, 0.717) is 41.6 Å². The highest BCUT2D eigenvalue weighted by Crippen LogP contribution is 2.44. The van der Waals surface area contributed by atoms with Crippen LogP contribution in [0.3, 0.4) is 0 Å². The molecule has 0 radical (unpaired) electrons. The van der Waals surface area contributed by atoms with E-state index < -0.39 is 11.7 Å². The monoisotopic (exact) mass is 682 g/mol. The molecule has 1 aliphatic carbocycles. The second kappa shape index (κ2) is 16.0. The van der Waals surface area contributed by atoms with Gasteiger partial charge in [0.15, 0.2) is 22.1 Å². The fourth-order valence-corrected chi connectivity index (χ4v) is 7.30. The lowest BCUT2D eigenvalue weighted by molar-refractivity contribution is -0.00922. The highest BCUT2D eigenvalue weighted by Gasteiger charge is 2.42. The molecule has 0 saturated heterocycles. The summed E-state index contributed by atoms with van der Waals surface area (Å²) in [6, 6.07) is 26.1. The van der Waals surface area contributed by atoms with E-state index in [-0.39, 0.29) is 12.0 Å². The molecule has 0 aliphatic heterocycles. The van der Waals surface area contributed by atoms with E-state index >= 15 is 0 Å². The van der Waals surface area contributed by atoms with Gasteiger partial charge >= 0.3 is 0 Å². The van der Waals surface area contributed by atoms with Crippen LogP contribution in [0.1, 0.15) is 68.7 Å². The minimum Gasteiger partial charge on any atom is -0.497 e. The predicted molar refractivity (Wildman–Crippen MR) is 194 cm³/mol. The minimum absolute atomic E-state index is 0.0526. The molecule has 0 amide bonds. The van der Waals surface area contributed by atoms with Crippen molar-refractivity contribution in [1.82, 2.24) is 25.0 Å². The number of unbranched alkanes of at least 4 members (excludes halogenated alkanes) is 1. The van der Waals surface area contributed by atoms with Crippen molar-refractivity contribution in [2.24, 2.45) is 5.92 Å². The molecule has 258 valence electrons. The van der Waals surface area contributed by atoms with Crippen LogP contribution in [0.25, 0.3) is 11.2 Å². The number of nitrogens with zero attached hydrogens (tertiary/aromatic N) is 5. The molecular formula is C38H46N6O4S. The zero-order valence-electron chi connectivity index (χ0n) is 28.7. The van der Waals surface area contributed by atoms with Crippen molar-refractivity contribution in [3.8, 4) is 11.5 Å². The van der Waals surface area contributed by atoms with Gasteiger partial charge in [-0.15, -0.1) is 5.10 Å². The maximum absolute atomic E-state index is 11.5. The fraction of sp³-hybridized carbons (Fsp3) is 0.421. The average Bonchev–Trinajstić information content (AvgIpc) is 3.74. The molecule has 2 aromatic heterocycles. The van der Waals surface area contributed by atoms with Gasteiger partial charge in [0, 0.05) is 12.3 Å². The Morgan fingerprint density at radius 3 is 2.12 bits per heavy atom. The first-order chi connectivity index (χ1) is 24.0. The maximum atomic E-state index is 11.5. The molecule has 3 unspecified atom stereocenters. The zero-order chi connectivity index (χ0) is 34.2. The van der Waals surface area contributed by atoms with Crippen LogP contribution in [0.2, 0.25) is 0 Å². The van der Waals surface area contributed by atoms with E-state index in [1.807, 2.05) is 42.5 Å². The highest BCUT2D eigenvalue weighted by molar-refractivity contribution is 7.99. The largest absolute Gasteiger partial charge is 0.497 e. The Kier molecular flexibility index (Phi) is 11.3. The van der Waals surface area contributed by atoms with Crippen molar-refractivity contribution in [3.05, 3.63) is 95.6 Å². The Morgan fingerprint density at radius 2 is 1.51 bits per heavy atom. The minimum atomic E-state index is -0.930. The van der Waals surface area contributed by atoms with Gasteiger partial charge in [-0.1, -0.05) is 91.8 Å². The zero-order valence-corrected chi connectivity index (χ0v) is 29.5. The highest BCUT2D eigenvalue weighted by atomic mass is 32.2. The molecule has 11 heteroatoms. The molecule has 3 aromatic carbocycles. The van der Waals surface area contributed by atoms with Crippen LogP contribution in [-0.4, -0.2) is 69.3 Å². The SMILES string of the molecule is CCCCNc1nc(SCCC)nc2c1nnn2C1CC(COC(c2ccccc2)(c2ccc(OC)cc2)c2ccc(OC)cc2)CC1O. The number of benzene rings is 3. The van der Waals surface area contributed by atoms with Gasteiger partial charge in [0.05, 0.1) is 33.0 Å². The smallest absolute Gasteiger partial charge is 0.191 e.